The number of carbonyl (C=O) groups excluding carboxylic acids is 2. The van der Waals surface area contributed by atoms with Crippen LogP contribution in [0.5, 0.6) is 5.75 Å². The van der Waals surface area contributed by atoms with Crippen molar-refractivity contribution in [2.24, 2.45) is 0 Å². The quantitative estimate of drug-likeness (QED) is 0.602. The van der Waals surface area contributed by atoms with Crippen LogP contribution in [0.3, 0.4) is 0 Å². The molecule has 0 spiro atoms. The van der Waals surface area contributed by atoms with Gasteiger partial charge in [-0.15, -0.1) is 0 Å². The molecule has 0 aliphatic carbocycles. The van der Waals surface area contributed by atoms with Crippen LogP contribution >= 0.6 is 0 Å². The molecule has 166 valence electrons. The Kier molecular flexibility index (Phi) is 7.85. The van der Waals surface area contributed by atoms with Crippen molar-refractivity contribution in [1.29, 1.82) is 0 Å². The van der Waals surface area contributed by atoms with Crippen LogP contribution in [-0.2, 0) is 14.9 Å². The average molecular weight is 424 g/mol. The fourth-order valence-corrected chi connectivity index (χ4v) is 4.04. The van der Waals surface area contributed by atoms with Crippen molar-refractivity contribution in [3.63, 3.8) is 0 Å². The number of hydrogen-bond donors (Lipinski definition) is 1. The lowest BCUT2D eigenvalue weighted by molar-refractivity contribution is -0.121. The first-order valence-electron chi connectivity index (χ1n) is 11.1. The van der Waals surface area contributed by atoms with Crippen LogP contribution in [0, 0.1) is 13.8 Å². The van der Waals surface area contributed by atoms with E-state index >= 15 is 0 Å². The number of hydrogen-bond acceptors (Lipinski definition) is 4. The number of benzene rings is 2. The Morgan fingerprint density at radius 1 is 1.00 bits per heavy atom. The maximum atomic E-state index is 12.5. The van der Waals surface area contributed by atoms with E-state index in [-0.39, 0.29) is 29.9 Å². The molecule has 0 aromatic heterocycles. The number of ether oxygens (including phenoxy) is 2. The normalized spacial score (nSPS) is 15.3. The summed E-state index contributed by atoms with van der Waals surface area (Å²) in [5, 5.41) is 3.08. The van der Waals surface area contributed by atoms with Gasteiger partial charge in [-0.1, -0.05) is 24.3 Å². The largest absolute Gasteiger partial charge is 0.494 e. The third kappa shape index (κ3) is 5.95. The Balaban J connectivity index is 1.58. The predicted octanol–water partition coefficient (Wildman–Crippen LogP) is 4.53. The molecular formula is C26H33NO4. The van der Waals surface area contributed by atoms with Crippen LogP contribution in [-0.4, -0.2) is 38.1 Å². The van der Waals surface area contributed by atoms with Gasteiger partial charge in [-0.2, -0.15) is 0 Å². The van der Waals surface area contributed by atoms with E-state index in [9.17, 15) is 9.59 Å². The molecule has 1 saturated heterocycles. The zero-order chi connectivity index (χ0) is 22.3. The molecule has 0 unspecified atom stereocenters. The van der Waals surface area contributed by atoms with Crippen LogP contribution in [0.1, 0.15) is 59.7 Å². The van der Waals surface area contributed by atoms with E-state index in [1.807, 2.05) is 51.1 Å². The Morgan fingerprint density at radius 2 is 1.71 bits per heavy atom. The number of aryl methyl sites for hydroxylation is 2. The van der Waals surface area contributed by atoms with Crippen LogP contribution in [0.15, 0.2) is 42.5 Å². The van der Waals surface area contributed by atoms with E-state index in [2.05, 4.69) is 17.4 Å². The lowest BCUT2D eigenvalue weighted by Crippen LogP contribution is -2.44. The molecule has 0 bridgehead atoms. The predicted molar refractivity (Wildman–Crippen MR) is 122 cm³/mol. The maximum Gasteiger partial charge on any atom is 0.220 e. The van der Waals surface area contributed by atoms with Gasteiger partial charge in [0.1, 0.15) is 5.75 Å². The Morgan fingerprint density at radius 3 is 2.35 bits per heavy atom. The lowest BCUT2D eigenvalue weighted by Gasteiger charge is -2.38. The topological polar surface area (TPSA) is 64.6 Å². The third-order valence-corrected chi connectivity index (χ3v) is 6.26. The van der Waals surface area contributed by atoms with Crippen molar-refractivity contribution >= 4 is 11.7 Å². The minimum Gasteiger partial charge on any atom is -0.494 e. The molecule has 1 N–H and O–H groups in total. The highest BCUT2D eigenvalue weighted by Gasteiger charge is 2.34. The van der Waals surface area contributed by atoms with Crippen LogP contribution in [0.25, 0.3) is 0 Å². The molecule has 1 amide bonds. The van der Waals surface area contributed by atoms with E-state index in [1.165, 1.54) is 5.56 Å². The molecule has 1 aliphatic heterocycles. The van der Waals surface area contributed by atoms with Crippen molar-refractivity contribution < 1.29 is 19.1 Å². The van der Waals surface area contributed by atoms with Gasteiger partial charge >= 0.3 is 0 Å². The molecule has 0 saturated carbocycles. The van der Waals surface area contributed by atoms with Gasteiger partial charge in [-0.3, -0.25) is 9.59 Å². The Bertz CT molecular complexity index is 898. The van der Waals surface area contributed by atoms with Gasteiger partial charge in [0.15, 0.2) is 5.78 Å². The second kappa shape index (κ2) is 10.6. The van der Waals surface area contributed by atoms with Gasteiger partial charge in [0.2, 0.25) is 5.91 Å². The molecule has 3 rings (SSSR count). The van der Waals surface area contributed by atoms with E-state index in [1.54, 1.807) is 0 Å². The Labute approximate surface area is 185 Å². The molecule has 0 atom stereocenters. The number of rotatable bonds is 9. The second-order valence-electron chi connectivity index (χ2n) is 8.35. The van der Waals surface area contributed by atoms with Crippen molar-refractivity contribution in [3.05, 3.63) is 64.7 Å². The van der Waals surface area contributed by atoms with E-state index < -0.39 is 0 Å². The van der Waals surface area contributed by atoms with Gasteiger partial charge in [0, 0.05) is 43.6 Å². The molecular weight excluding hydrogens is 390 g/mol. The van der Waals surface area contributed by atoms with Gasteiger partial charge < -0.3 is 14.8 Å². The summed E-state index contributed by atoms with van der Waals surface area (Å²) >= 11 is 0. The first kappa shape index (κ1) is 23.0. The summed E-state index contributed by atoms with van der Waals surface area (Å²) in [6, 6.07) is 13.8. The average Bonchev–Trinajstić information content (AvgIpc) is 2.79. The van der Waals surface area contributed by atoms with E-state index in [0.717, 1.165) is 29.7 Å². The first-order valence-corrected chi connectivity index (χ1v) is 11.1. The number of amides is 1. The smallest absolute Gasteiger partial charge is 0.220 e. The summed E-state index contributed by atoms with van der Waals surface area (Å²) in [6.07, 6.45) is 2.11. The number of ketones is 1. The fraction of sp³-hybridized carbons (Fsp3) is 0.462. The van der Waals surface area contributed by atoms with E-state index in [0.29, 0.717) is 31.9 Å². The molecule has 0 radical (unpaired) electrons. The van der Waals surface area contributed by atoms with Gasteiger partial charge in [-0.25, -0.2) is 0 Å². The SMILES string of the molecule is CCOc1ccc(C2(CNC(=O)CCC(=O)c3ccc(C)c(C)c3)CCOCC2)cc1. The number of carbonyl (C=O) groups is 2. The van der Waals surface area contributed by atoms with Crippen molar-refractivity contribution in [2.75, 3.05) is 26.4 Å². The molecule has 5 nitrogen and oxygen atoms in total. The second-order valence-corrected chi connectivity index (χ2v) is 8.35. The summed E-state index contributed by atoms with van der Waals surface area (Å²) in [5.74, 6) is 0.766. The molecule has 5 heteroatoms. The summed E-state index contributed by atoms with van der Waals surface area (Å²) in [6.45, 7) is 8.51. The number of Topliss-reactive ketones (excluding diaryl/α,β-unsaturated/α-hetero) is 1. The molecule has 1 aliphatic rings. The Hall–Kier alpha value is -2.66. The van der Waals surface area contributed by atoms with Gasteiger partial charge in [0.25, 0.3) is 0 Å². The zero-order valence-electron chi connectivity index (χ0n) is 18.8. The van der Waals surface area contributed by atoms with Crippen LogP contribution in [0.2, 0.25) is 0 Å². The van der Waals surface area contributed by atoms with Crippen molar-refractivity contribution in [2.45, 2.75) is 51.9 Å². The zero-order valence-corrected chi connectivity index (χ0v) is 18.8. The van der Waals surface area contributed by atoms with Crippen LogP contribution in [0.4, 0.5) is 0 Å². The van der Waals surface area contributed by atoms with E-state index in [4.69, 9.17) is 9.47 Å². The number of nitrogens with one attached hydrogen (secondary N) is 1. The maximum absolute atomic E-state index is 12.5. The highest BCUT2D eigenvalue weighted by atomic mass is 16.5. The highest BCUT2D eigenvalue weighted by Crippen LogP contribution is 2.35. The van der Waals surface area contributed by atoms with Gasteiger partial charge in [0.05, 0.1) is 6.61 Å². The minimum atomic E-state index is -0.156. The lowest BCUT2D eigenvalue weighted by atomic mass is 9.74. The summed E-state index contributed by atoms with van der Waals surface area (Å²) < 4.78 is 11.1. The highest BCUT2D eigenvalue weighted by molar-refractivity contribution is 5.98. The molecule has 1 heterocycles. The summed E-state index contributed by atoms with van der Waals surface area (Å²) in [7, 11) is 0. The summed E-state index contributed by atoms with van der Waals surface area (Å²) in [5.41, 5.74) is 3.95. The standard InChI is InChI=1S/C26H33NO4/c1-4-31-23-9-7-22(8-10-23)26(13-15-30-16-14-26)18-27-25(29)12-11-24(28)21-6-5-19(2)20(3)17-21/h5-10,17H,4,11-16,18H2,1-3H3,(H,27,29). The first-order chi connectivity index (χ1) is 14.9. The third-order valence-electron chi connectivity index (χ3n) is 6.26. The molecule has 2 aromatic carbocycles. The molecule has 1 fully saturated rings. The van der Waals surface area contributed by atoms with Gasteiger partial charge in [-0.05, 0) is 68.5 Å². The minimum absolute atomic E-state index is 0.00513. The van der Waals surface area contributed by atoms with Crippen molar-refractivity contribution in [1.82, 2.24) is 5.32 Å². The summed E-state index contributed by atoms with van der Waals surface area (Å²) in [4.78, 5) is 25.0. The molecule has 31 heavy (non-hydrogen) atoms. The fourth-order valence-electron chi connectivity index (χ4n) is 4.04. The monoisotopic (exact) mass is 423 g/mol. The molecule has 2 aromatic rings. The van der Waals surface area contributed by atoms with Crippen molar-refractivity contribution in [3.8, 4) is 5.75 Å². The van der Waals surface area contributed by atoms with Crippen LogP contribution < -0.4 is 10.1 Å².